The number of rotatable bonds is 5. The van der Waals surface area contributed by atoms with Gasteiger partial charge in [-0.2, -0.15) is 0 Å². The van der Waals surface area contributed by atoms with Crippen LogP contribution < -0.4 is 10.1 Å². The lowest BCUT2D eigenvalue weighted by Crippen LogP contribution is -2.07. The number of nitrogens with zero attached hydrogens (tertiary/aromatic N) is 1. The van der Waals surface area contributed by atoms with E-state index in [0.717, 1.165) is 11.9 Å². The molecule has 0 fully saturated rings. The third kappa shape index (κ3) is 7.70. The van der Waals surface area contributed by atoms with Gasteiger partial charge in [-0.15, -0.1) is 0 Å². The van der Waals surface area contributed by atoms with Crippen LogP contribution in [-0.2, 0) is 0 Å². The lowest BCUT2D eigenvalue weighted by atomic mass is 10.3. The van der Waals surface area contributed by atoms with Crippen LogP contribution in [0.5, 0.6) is 5.75 Å². The molecular formula is C11H17BrN2O3. The van der Waals surface area contributed by atoms with Gasteiger partial charge in [0.05, 0.1) is 11.5 Å². The fourth-order valence-corrected chi connectivity index (χ4v) is 1.32. The van der Waals surface area contributed by atoms with E-state index in [1.54, 1.807) is 12.1 Å². The maximum Gasteiger partial charge on any atom is 0.269 e. The molecule has 0 saturated heterocycles. The van der Waals surface area contributed by atoms with E-state index >= 15 is 0 Å². The Morgan fingerprint density at radius 2 is 2.00 bits per heavy atom. The minimum Gasteiger partial charge on any atom is -0.494 e. The predicted molar refractivity (Wildman–Crippen MR) is 72.0 cm³/mol. The van der Waals surface area contributed by atoms with Gasteiger partial charge < -0.3 is 10.1 Å². The molecule has 1 aromatic carbocycles. The highest BCUT2D eigenvalue weighted by Crippen LogP contribution is 2.16. The minimum absolute atomic E-state index is 0.0819. The number of nitro groups is 1. The van der Waals surface area contributed by atoms with Crippen molar-refractivity contribution in [3.8, 4) is 5.75 Å². The van der Waals surface area contributed by atoms with Crippen molar-refractivity contribution >= 4 is 21.6 Å². The molecule has 0 aliphatic heterocycles. The van der Waals surface area contributed by atoms with E-state index in [0.29, 0.717) is 12.4 Å². The Kier molecular flexibility index (Phi) is 9.37. The molecule has 0 radical (unpaired) electrons. The second-order valence-corrected chi connectivity index (χ2v) is 3.77. The molecule has 0 aliphatic carbocycles. The van der Waals surface area contributed by atoms with Crippen LogP contribution in [0.25, 0.3) is 0 Å². The second kappa shape index (κ2) is 10.0. The molecule has 1 rings (SSSR count). The maximum absolute atomic E-state index is 10.2. The van der Waals surface area contributed by atoms with Crippen LogP contribution in [0.4, 0.5) is 5.69 Å². The monoisotopic (exact) mass is 304 g/mol. The Balaban J connectivity index is 0.000000437. The fourth-order valence-electron chi connectivity index (χ4n) is 0.925. The van der Waals surface area contributed by atoms with Crippen molar-refractivity contribution in [1.29, 1.82) is 0 Å². The molecule has 0 spiro atoms. The largest absolute Gasteiger partial charge is 0.494 e. The quantitative estimate of drug-likeness (QED) is 0.516. The number of non-ortho nitro benzene ring substituents is 1. The number of nitro benzene ring substituents is 1. The van der Waals surface area contributed by atoms with Crippen LogP contribution >= 0.6 is 15.9 Å². The highest BCUT2D eigenvalue weighted by molar-refractivity contribution is 9.09. The summed E-state index contributed by atoms with van der Waals surface area (Å²) in [5.41, 5.74) is 0.0819. The van der Waals surface area contributed by atoms with Crippen LogP contribution in [0.3, 0.4) is 0 Å². The van der Waals surface area contributed by atoms with Crippen molar-refractivity contribution in [1.82, 2.24) is 5.32 Å². The molecule has 6 heteroatoms. The molecule has 17 heavy (non-hydrogen) atoms. The lowest BCUT2D eigenvalue weighted by molar-refractivity contribution is -0.384. The molecule has 0 atom stereocenters. The molecular weight excluding hydrogens is 288 g/mol. The average Bonchev–Trinajstić information content (AvgIpc) is 2.32. The average molecular weight is 305 g/mol. The topological polar surface area (TPSA) is 64.4 Å². The summed E-state index contributed by atoms with van der Waals surface area (Å²) in [7, 11) is 1.93. The summed E-state index contributed by atoms with van der Waals surface area (Å²) in [5.74, 6) is 0.656. The van der Waals surface area contributed by atoms with Gasteiger partial charge >= 0.3 is 0 Å². The molecule has 96 valence electrons. The summed E-state index contributed by atoms with van der Waals surface area (Å²) in [6, 6.07) is 6.01. The van der Waals surface area contributed by atoms with Gasteiger partial charge in [-0.05, 0) is 26.1 Å². The van der Waals surface area contributed by atoms with E-state index in [1.165, 1.54) is 12.1 Å². The highest BCUT2D eigenvalue weighted by Gasteiger charge is 2.03. The van der Waals surface area contributed by atoms with Gasteiger partial charge in [-0.25, -0.2) is 0 Å². The van der Waals surface area contributed by atoms with Gasteiger partial charge in [-0.1, -0.05) is 15.9 Å². The Bertz CT molecular complexity index is 315. The van der Waals surface area contributed by atoms with Gasteiger partial charge in [0, 0.05) is 24.0 Å². The molecule has 1 aromatic rings. The van der Waals surface area contributed by atoms with Gasteiger partial charge in [0.15, 0.2) is 0 Å². The van der Waals surface area contributed by atoms with Crippen molar-refractivity contribution in [3.05, 3.63) is 34.4 Å². The summed E-state index contributed by atoms with van der Waals surface area (Å²) in [6.07, 6.45) is 0. The fraction of sp³-hybridized carbons (Fsp3) is 0.455. The van der Waals surface area contributed by atoms with Crippen molar-refractivity contribution in [2.24, 2.45) is 0 Å². The first-order valence-electron chi connectivity index (χ1n) is 5.23. The zero-order valence-corrected chi connectivity index (χ0v) is 11.6. The zero-order valence-electron chi connectivity index (χ0n) is 9.98. The van der Waals surface area contributed by atoms with E-state index in [1.807, 2.05) is 14.0 Å². The standard InChI is InChI=1S/C8H9NO3.C3H8BrN/c1-2-12-8-5-3-7(4-6-8)9(10)11;1-5-3-2-4/h3-6H,2H2,1H3;5H,2-3H2,1H3. The molecule has 0 heterocycles. The molecule has 0 saturated carbocycles. The summed E-state index contributed by atoms with van der Waals surface area (Å²) in [5, 5.41) is 14.3. The van der Waals surface area contributed by atoms with Gasteiger partial charge in [0.1, 0.15) is 5.75 Å². The summed E-state index contributed by atoms with van der Waals surface area (Å²) in [6.45, 7) is 3.49. The Hall–Kier alpha value is -1.14. The van der Waals surface area contributed by atoms with E-state index in [9.17, 15) is 10.1 Å². The molecule has 5 nitrogen and oxygen atoms in total. The first-order chi connectivity index (χ1) is 8.15. The van der Waals surface area contributed by atoms with Crippen LogP contribution in [0, 0.1) is 10.1 Å². The number of hydrogen-bond acceptors (Lipinski definition) is 4. The summed E-state index contributed by atoms with van der Waals surface area (Å²) < 4.78 is 5.12. The SMILES string of the molecule is CCOc1ccc([N+](=O)[O-])cc1.CNCCBr. The third-order valence-electron chi connectivity index (χ3n) is 1.70. The van der Waals surface area contributed by atoms with Gasteiger partial charge in [0.2, 0.25) is 0 Å². The second-order valence-electron chi connectivity index (χ2n) is 2.98. The first kappa shape index (κ1) is 15.9. The number of halogens is 1. The maximum atomic E-state index is 10.2. The molecule has 0 aromatic heterocycles. The van der Waals surface area contributed by atoms with Crippen molar-refractivity contribution < 1.29 is 9.66 Å². The van der Waals surface area contributed by atoms with Gasteiger partial charge in [-0.3, -0.25) is 10.1 Å². The van der Waals surface area contributed by atoms with Crippen molar-refractivity contribution in [2.75, 3.05) is 25.5 Å². The Morgan fingerprint density at radius 3 is 2.29 bits per heavy atom. The highest BCUT2D eigenvalue weighted by atomic mass is 79.9. The predicted octanol–water partition coefficient (Wildman–Crippen LogP) is 2.59. The first-order valence-corrected chi connectivity index (χ1v) is 6.35. The molecule has 1 N–H and O–H groups in total. The third-order valence-corrected chi connectivity index (χ3v) is 2.10. The minimum atomic E-state index is -0.435. The number of ether oxygens (including phenoxy) is 1. The van der Waals surface area contributed by atoms with Crippen molar-refractivity contribution in [2.45, 2.75) is 6.92 Å². The number of nitrogens with one attached hydrogen (secondary N) is 1. The normalized spacial score (nSPS) is 9.12. The lowest BCUT2D eigenvalue weighted by Gasteiger charge is -2.00. The number of benzene rings is 1. The Labute approximate surface area is 109 Å². The van der Waals surface area contributed by atoms with Crippen LogP contribution in [0.15, 0.2) is 24.3 Å². The molecule has 0 aliphatic rings. The zero-order chi connectivity index (χ0) is 13.1. The van der Waals surface area contributed by atoms with E-state index in [-0.39, 0.29) is 5.69 Å². The molecule has 0 bridgehead atoms. The van der Waals surface area contributed by atoms with E-state index in [4.69, 9.17) is 4.74 Å². The molecule has 0 unspecified atom stereocenters. The Morgan fingerprint density at radius 1 is 1.41 bits per heavy atom. The van der Waals surface area contributed by atoms with E-state index < -0.39 is 4.92 Å². The smallest absolute Gasteiger partial charge is 0.269 e. The number of alkyl halides is 1. The molecule has 0 amide bonds. The van der Waals surface area contributed by atoms with Crippen molar-refractivity contribution in [3.63, 3.8) is 0 Å². The van der Waals surface area contributed by atoms with Gasteiger partial charge in [0.25, 0.3) is 5.69 Å². The summed E-state index contributed by atoms with van der Waals surface area (Å²) in [4.78, 5) is 9.80. The summed E-state index contributed by atoms with van der Waals surface area (Å²) >= 11 is 3.25. The van der Waals surface area contributed by atoms with E-state index in [2.05, 4.69) is 21.2 Å². The van der Waals surface area contributed by atoms with Crippen LogP contribution in [0.1, 0.15) is 6.92 Å². The van der Waals surface area contributed by atoms with Crippen LogP contribution in [-0.4, -0.2) is 30.5 Å². The van der Waals surface area contributed by atoms with Crippen LogP contribution in [0.2, 0.25) is 0 Å². The number of hydrogen-bond donors (Lipinski definition) is 1.